The predicted octanol–water partition coefficient (Wildman–Crippen LogP) is 0.911. The Hall–Kier alpha value is -0.970. The lowest BCUT2D eigenvalue weighted by molar-refractivity contribution is -0.229. The number of hydrogen-bond donors (Lipinski definition) is 2. The number of piperidine rings is 1. The topological polar surface area (TPSA) is 43.7 Å². The van der Waals surface area contributed by atoms with Gasteiger partial charge in [-0.25, -0.2) is 4.39 Å². The molecule has 1 heterocycles. The minimum atomic E-state index is -2.15. The number of rotatable bonds is 2. The van der Waals surface area contributed by atoms with Crippen LogP contribution in [0.4, 0.5) is 4.39 Å². The fraction of sp³-hybridized carbons (Fsp3) is 0.500. The van der Waals surface area contributed by atoms with Gasteiger partial charge in [-0.2, -0.15) is 0 Å². The summed E-state index contributed by atoms with van der Waals surface area (Å²) in [5, 5.41) is 18.6. The van der Waals surface area contributed by atoms with Crippen LogP contribution in [0.25, 0.3) is 0 Å². The van der Waals surface area contributed by atoms with Gasteiger partial charge in [0.2, 0.25) is 0 Å². The Balaban J connectivity index is 1.94. The zero-order valence-electron chi connectivity index (χ0n) is 9.01. The van der Waals surface area contributed by atoms with E-state index in [2.05, 4.69) is 0 Å². The summed E-state index contributed by atoms with van der Waals surface area (Å²) in [6.45, 7) is 1.22. The Morgan fingerprint density at radius 1 is 1.31 bits per heavy atom. The Morgan fingerprint density at radius 2 is 2.00 bits per heavy atom. The van der Waals surface area contributed by atoms with E-state index in [0.717, 1.165) is 5.56 Å². The summed E-state index contributed by atoms with van der Waals surface area (Å²) in [6, 6.07) is 9.77. The molecule has 88 valence electrons. The molecule has 1 aliphatic rings. The highest BCUT2D eigenvalue weighted by Gasteiger charge is 2.39. The van der Waals surface area contributed by atoms with E-state index in [1.165, 1.54) is 0 Å². The first-order valence-electron chi connectivity index (χ1n) is 5.43. The molecule has 16 heavy (non-hydrogen) atoms. The Bertz CT molecular complexity index is 342. The lowest BCUT2D eigenvalue weighted by Crippen LogP contribution is -2.53. The van der Waals surface area contributed by atoms with Gasteiger partial charge in [-0.15, -0.1) is 0 Å². The monoisotopic (exact) mass is 225 g/mol. The van der Waals surface area contributed by atoms with Gasteiger partial charge in [0.25, 0.3) is 0 Å². The summed E-state index contributed by atoms with van der Waals surface area (Å²) in [5.41, 5.74) is 1.11. The molecule has 0 spiro atoms. The van der Waals surface area contributed by atoms with Gasteiger partial charge in [0.15, 0.2) is 12.0 Å². The zero-order valence-corrected chi connectivity index (χ0v) is 9.01. The first-order chi connectivity index (χ1) is 7.58. The van der Waals surface area contributed by atoms with Gasteiger partial charge in [-0.05, 0) is 5.56 Å². The van der Waals surface area contributed by atoms with Crippen LogP contribution in [0.15, 0.2) is 30.3 Å². The van der Waals surface area contributed by atoms with E-state index in [4.69, 9.17) is 0 Å². The maximum atomic E-state index is 13.4. The van der Waals surface area contributed by atoms with Crippen molar-refractivity contribution >= 4 is 0 Å². The van der Waals surface area contributed by atoms with Crippen molar-refractivity contribution in [1.82, 2.24) is 4.90 Å². The molecule has 1 unspecified atom stereocenters. The summed E-state index contributed by atoms with van der Waals surface area (Å²) in [5.74, 6) is -2.15. The third-order valence-electron chi connectivity index (χ3n) is 2.97. The van der Waals surface area contributed by atoms with E-state index in [-0.39, 0.29) is 13.0 Å². The van der Waals surface area contributed by atoms with Crippen LogP contribution in [0.1, 0.15) is 12.0 Å². The third-order valence-corrected chi connectivity index (χ3v) is 2.97. The van der Waals surface area contributed by atoms with Crippen LogP contribution >= 0.6 is 0 Å². The van der Waals surface area contributed by atoms with Gasteiger partial charge in [-0.1, -0.05) is 30.3 Å². The molecule has 1 aliphatic heterocycles. The van der Waals surface area contributed by atoms with Crippen LogP contribution in [-0.2, 0) is 6.54 Å². The van der Waals surface area contributed by atoms with Gasteiger partial charge < -0.3 is 10.2 Å². The van der Waals surface area contributed by atoms with E-state index < -0.39 is 12.0 Å². The number of benzene rings is 1. The van der Waals surface area contributed by atoms with Crippen molar-refractivity contribution in [2.45, 2.75) is 24.9 Å². The van der Waals surface area contributed by atoms with E-state index >= 15 is 0 Å². The molecule has 1 aromatic carbocycles. The Morgan fingerprint density at radius 3 is 2.62 bits per heavy atom. The predicted molar refractivity (Wildman–Crippen MR) is 58.4 cm³/mol. The Kier molecular flexibility index (Phi) is 3.23. The fourth-order valence-corrected chi connectivity index (χ4v) is 1.93. The minimum Gasteiger partial charge on any atom is -0.363 e. The van der Waals surface area contributed by atoms with Gasteiger partial charge >= 0.3 is 0 Å². The molecule has 0 aromatic heterocycles. The zero-order chi connectivity index (χ0) is 11.6. The van der Waals surface area contributed by atoms with Crippen molar-refractivity contribution in [3.8, 4) is 0 Å². The second-order valence-corrected chi connectivity index (χ2v) is 4.32. The second-order valence-electron chi connectivity index (χ2n) is 4.32. The first-order valence-corrected chi connectivity index (χ1v) is 5.43. The molecule has 4 heteroatoms. The molecule has 0 saturated carbocycles. The highest BCUT2D eigenvalue weighted by Crippen LogP contribution is 2.23. The second kappa shape index (κ2) is 4.49. The number of alkyl halides is 1. The first kappa shape index (κ1) is 11.5. The van der Waals surface area contributed by atoms with Crippen molar-refractivity contribution in [3.63, 3.8) is 0 Å². The number of aliphatic hydroxyl groups is 2. The van der Waals surface area contributed by atoms with Crippen LogP contribution in [0.5, 0.6) is 0 Å². The average Bonchev–Trinajstić information content (AvgIpc) is 2.26. The van der Waals surface area contributed by atoms with Crippen molar-refractivity contribution in [2.24, 2.45) is 0 Å². The molecule has 1 aromatic rings. The molecule has 3 nitrogen and oxygen atoms in total. The molecule has 0 bridgehead atoms. The lowest BCUT2D eigenvalue weighted by atomic mass is 10.0. The molecular formula is C12H16FNO2. The molecular weight excluding hydrogens is 209 g/mol. The fourth-order valence-electron chi connectivity index (χ4n) is 1.93. The molecule has 1 atom stereocenters. The summed E-state index contributed by atoms with van der Waals surface area (Å²) >= 11 is 0. The maximum Gasteiger partial charge on any atom is 0.197 e. The van der Waals surface area contributed by atoms with E-state index in [9.17, 15) is 14.6 Å². The molecule has 2 N–H and O–H groups in total. The van der Waals surface area contributed by atoms with E-state index in [1.54, 1.807) is 0 Å². The Labute approximate surface area is 94.1 Å². The summed E-state index contributed by atoms with van der Waals surface area (Å²) in [7, 11) is 0. The molecule has 0 aliphatic carbocycles. The highest BCUT2D eigenvalue weighted by atomic mass is 19.1. The quantitative estimate of drug-likeness (QED) is 0.735. The van der Waals surface area contributed by atoms with Crippen LogP contribution < -0.4 is 0 Å². The number of likely N-dealkylation sites (tertiary alicyclic amines) is 1. The number of hydrogen-bond acceptors (Lipinski definition) is 3. The van der Waals surface area contributed by atoms with E-state index in [1.807, 2.05) is 35.2 Å². The van der Waals surface area contributed by atoms with Gasteiger partial charge in [0.05, 0.1) is 0 Å². The van der Waals surface area contributed by atoms with E-state index in [0.29, 0.717) is 13.1 Å². The van der Waals surface area contributed by atoms with Crippen LogP contribution in [-0.4, -0.2) is 40.2 Å². The van der Waals surface area contributed by atoms with Crippen molar-refractivity contribution in [2.75, 3.05) is 13.1 Å². The third kappa shape index (κ3) is 2.58. The molecule has 0 radical (unpaired) electrons. The summed E-state index contributed by atoms with van der Waals surface area (Å²) in [4.78, 5) is 1.89. The normalized spacial score (nSPS) is 25.6. The van der Waals surface area contributed by atoms with Gasteiger partial charge in [0.1, 0.15) is 0 Å². The number of halogens is 1. The average molecular weight is 225 g/mol. The SMILES string of the molecule is OC1(O)CCN(Cc2ccccc2)CC1F. The van der Waals surface area contributed by atoms with Crippen LogP contribution in [0, 0.1) is 0 Å². The largest absolute Gasteiger partial charge is 0.363 e. The molecule has 2 rings (SSSR count). The highest BCUT2D eigenvalue weighted by molar-refractivity contribution is 5.14. The maximum absolute atomic E-state index is 13.4. The minimum absolute atomic E-state index is 0.0565. The standard InChI is InChI=1S/C12H16FNO2/c13-11-9-14(7-6-12(11,15)16)8-10-4-2-1-3-5-10/h1-5,11,15-16H,6-9H2. The number of nitrogens with zero attached hydrogens (tertiary/aromatic N) is 1. The lowest BCUT2D eigenvalue weighted by Gasteiger charge is -2.37. The van der Waals surface area contributed by atoms with Crippen LogP contribution in [0.2, 0.25) is 0 Å². The van der Waals surface area contributed by atoms with Crippen LogP contribution in [0.3, 0.4) is 0 Å². The molecule has 1 fully saturated rings. The van der Waals surface area contributed by atoms with Gasteiger partial charge in [0, 0.05) is 26.1 Å². The summed E-state index contributed by atoms with van der Waals surface area (Å²) in [6.07, 6.45) is -1.54. The van der Waals surface area contributed by atoms with Gasteiger partial charge in [-0.3, -0.25) is 4.90 Å². The molecule has 1 saturated heterocycles. The summed E-state index contributed by atoms with van der Waals surface area (Å²) < 4.78 is 13.4. The van der Waals surface area contributed by atoms with Crippen molar-refractivity contribution < 1.29 is 14.6 Å². The smallest absolute Gasteiger partial charge is 0.197 e. The van der Waals surface area contributed by atoms with Crippen molar-refractivity contribution in [1.29, 1.82) is 0 Å². The van der Waals surface area contributed by atoms with Crippen molar-refractivity contribution in [3.05, 3.63) is 35.9 Å². The molecule has 0 amide bonds.